The molecule has 112 valence electrons. The lowest BCUT2D eigenvalue weighted by Crippen LogP contribution is -2.37. The summed E-state index contributed by atoms with van der Waals surface area (Å²) >= 11 is 0. The molecule has 0 saturated heterocycles. The zero-order valence-electron chi connectivity index (χ0n) is 13.2. The van der Waals surface area contributed by atoms with Crippen molar-refractivity contribution < 1.29 is 4.74 Å². The number of rotatable bonds is 8. The molecule has 0 radical (unpaired) electrons. The van der Waals surface area contributed by atoms with Gasteiger partial charge in [-0.1, -0.05) is 26.0 Å². The molecule has 0 amide bonds. The number of nitrogens with one attached hydrogen (secondary N) is 1. The molecule has 1 aliphatic carbocycles. The van der Waals surface area contributed by atoms with Crippen LogP contribution in [0.15, 0.2) is 24.3 Å². The number of hydrogen-bond donors (Lipinski definition) is 1. The molecule has 1 N–H and O–H groups in total. The minimum Gasteiger partial charge on any atom is -0.497 e. The van der Waals surface area contributed by atoms with E-state index in [4.69, 9.17) is 4.74 Å². The van der Waals surface area contributed by atoms with Gasteiger partial charge in [0.2, 0.25) is 0 Å². The maximum atomic E-state index is 5.34. The highest BCUT2D eigenvalue weighted by molar-refractivity contribution is 5.30. The first-order valence-electron chi connectivity index (χ1n) is 7.69. The topological polar surface area (TPSA) is 24.5 Å². The molecule has 0 aromatic heterocycles. The van der Waals surface area contributed by atoms with E-state index in [2.05, 4.69) is 42.3 Å². The molecule has 1 fully saturated rings. The van der Waals surface area contributed by atoms with Crippen molar-refractivity contribution in [2.24, 2.45) is 5.92 Å². The Hall–Kier alpha value is -1.06. The van der Waals surface area contributed by atoms with Gasteiger partial charge in [0.25, 0.3) is 0 Å². The van der Waals surface area contributed by atoms with Crippen molar-refractivity contribution in [1.82, 2.24) is 10.2 Å². The van der Waals surface area contributed by atoms with Crippen LogP contribution >= 0.6 is 0 Å². The van der Waals surface area contributed by atoms with Crippen molar-refractivity contribution in [2.45, 2.75) is 38.8 Å². The number of nitrogens with zero attached hydrogens (tertiary/aromatic N) is 1. The smallest absolute Gasteiger partial charge is 0.119 e. The summed E-state index contributed by atoms with van der Waals surface area (Å²) in [6.45, 7) is 6.87. The molecule has 0 aliphatic heterocycles. The van der Waals surface area contributed by atoms with Crippen LogP contribution in [-0.4, -0.2) is 38.2 Å². The summed E-state index contributed by atoms with van der Waals surface area (Å²) in [6.07, 6.45) is 2.72. The van der Waals surface area contributed by atoms with Crippen LogP contribution in [0.25, 0.3) is 0 Å². The third-order valence-corrected chi connectivity index (χ3v) is 3.92. The van der Waals surface area contributed by atoms with Crippen molar-refractivity contribution in [3.63, 3.8) is 0 Å². The van der Waals surface area contributed by atoms with Gasteiger partial charge in [0, 0.05) is 25.2 Å². The highest BCUT2D eigenvalue weighted by Gasteiger charge is 2.30. The molecule has 20 heavy (non-hydrogen) atoms. The Balaban J connectivity index is 2.06. The first-order chi connectivity index (χ1) is 9.63. The van der Waals surface area contributed by atoms with E-state index in [9.17, 15) is 0 Å². The van der Waals surface area contributed by atoms with Crippen molar-refractivity contribution in [3.05, 3.63) is 29.8 Å². The Labute approximate surface area is 123 Å². The first kappa shape index (κ1) is 15.3. The van der Waals surface area contributed by atoms with Crippen LogP contribution in [0.3, 0.4) is 0 Å². The zero-order valence-corrected chi connectivity index (χ0v) is 13.2. The Morgan fingerprint density at radius 3 is 2.60 bits per heavy atom. The normalized spacial score (nSPS) is 16.7. The van der Waals surface area contributed by atoms with Crippen LogP contribution in [0.5, 0.6) is 5.75 Å². The Bertz CT molecular complexity index is 415. The van der Waals surface area contributed by atoms with Gasteiger partial charge in [-0.15, -0.1) is 0 Å². The number of benzene rings is 1. The minimum atomic E-state index is 0.365. The summed E-state index contributed by atoms with van der Waals surface area (Å²) in [5.74, 6) is 1.66. The molecule has 1 unspecified atom stereocenters. The van der Waals surface area contributed by atoms with Crippen molar-refractivity contribution in [1.29, 1.82) is 0 Å². The maximum absolute atomic E-state index is 5.34. The van der Waals surface area contributed by atoms with Gasteiger partial charge in [0.15, 0.2) is 0 Å². The zero-order chi connectivity index (χ0) is 14.5. The van der Waals surface area contributed by atoms with E-state index in [0.717, 1.165) is 24.3 Å². The number of likely N-dealkylation sites (N-methyl/N-ethyl adjacent to an activating group) is 1. The van der Waals surface area contributed by atoms with E-state index < -0.39 is 0 Å². The van der Waals surface area contributed by atoms with Crippen molar-refractivity contribution in [2.75, 3.05) is 27.2 Å². The van der Waals surface area contributed by atoms with Crippen LogP contribution in [-0.2, 0) is 0 Å². The second-order valence-corrected chi connectivity index (χ2v) is 6.20. The van der Waals surface area contributed by atoms with Crippen LogP contribution in [0.2, 0.25) is 0 Å². The van der Waals surface area contributed by atoms with Gasteiger partial charge >= 0.3 is 0 Å². The molecule has 0 spiro atoms. The van der Waals surface area contributed by atoms with E-state index >= 15 is 0 Å². The molecule has 2 rings (SSSR count). The predicted octanol–water partition coefficient (Wildman–Crippen LogP) is 3.08. The number of ether oxygens (including phenoxy) is 1. The SMILES string of the molecule is CNC(CN(CC(C)C)C1CC1)c1cccc(OC)c1. The summed E-state index contributed by atoms with van der Waals surface area (Å²) in [6, 6.07) is 9.57. The molecule has 0 heterocycles. The molecule has 3 nitrogen and oxygen atoms in total. The van der Waals surface area contributed by atoms with Gasteiger partial charge in [-0.2, -0.15) is 0 Å². The van der Waals surface area contributed by atoms with E-state index in [0.29, 0.717) is 6.04 Å². The fourth-order valence-corrected chi connectivity index (χ4v) is 2.74. The largest absolute Gasteiger partial charge is 0.497 e. The summed E-state index contributed by atoms with van der Waals surface area (Å²) in [5.41, 5.74) is 1.31. The Morgan fingerprint density at radius 1 is 1.30 bits per heavy atom. The van der Waals surface area contributed by atoms with Crippen molar-refractivity contribution >= 4 is 0 Å². The van der Waals surface area contributed by atoms with Crippen LogP contribution in [0.1, 0.15) is 38.3 Å². The maximum Gasteiger partial charge on any atom is 0.119 e. The predicted molar refractivity (Wildman–Crippen MR) is 84.2 cm³/mol. The summed E-state index contributed by atoms with van der Waals surface area (Å²) in [5, 5.41) is 3.46. The molecule has 3 heteroatoms. The van der Waals surface area contributed by atoms with Crippen molar-refractivity contribution in [3.8, 4) is 5.75 Å². The molecule has 1 aromatic rings. The van der Waals surface area contributed by atoms with Gasteiger partial charge in [-0.3, -0.25) is 4.90 Å². The number of methoxy groups -OCH3 is 1. The molecule has 1 atom stereocenters. The van der Waals surface area contributed by atoms with Crippen LogP contribution in [0, 0.1) is 5.92 Å². The quantitative estimate of drug-likeness (QED) is 0.789. The highest BCUT2D eigenvalue weighted by atomic mass is 16.5. The van der Waals surface area contributed by atoms with E-state index in [1.165, 1.54) is 24.9 Å². The van der Waals surface area contributed by atoms with E-state index in [1.807, 2.05) is 13.1 Å². The second-order valence-electron chi connectivity index (χ2n) is 6.20. The lowest BCUT2D eigenvalue weighted by molar-refractivity contribution is 0.212. The summed E-state index contributed by atoms with van der Waals surface area (Å²) < 4.78 is 5.34. The molecule has 1 saturated carbocycles. The third kappa shape index (κ3) is 4.22. The van der Waals surface area contributed by atoms with Crippen LogP contribution < -0.4 is 10.1 Å². The molecule has 1 aromatic carbocycles. The van der Waals surface area contributed by atoms with Gasteiger partial charge < -0.3 is 10.1 Å². The molecule has 0 bridgehead atoms. The standard InChI is InChI=1S/C17H28N2O/c1-13(2)11-19(15-8-9-15)12-17(18-3)14-6-5-7-16(10-14)20-4/h5-7,10,13,15,17-18H,8-9,11-12H2,1-4H3. The summed E-state index contributed by atoms with van der Waals surface area (Å²) in [7, 11) is 3.77. The third-order valence-electron chi connectivity index (χ3n) is 3.92. The minimum absolute atomic E-state index is 0.365. The molecule has 1 aliphatic rings. The number of hydrogen-bond acceptors (Lipinski definition) is 3. The van der Waals surface area contributed by atoms with Gasteiger partial charge in [0.05, 0.1) is 7.11 Å². The fraction of sp³-hybridized carbons (Fsp3) is 0.647. The van der Waals surface area contributed by atoms with E-state index in [-0.39, 0.29) is 0 Å². The van der Waals surface area contributed by atoms with Gasteiger partial charge in [0.1, 0.15) is 5.75 Å². The summed E-state index contributed by atoms with van der Waals surface area (Å²) in [4.78, 5) is 2.64. The monoisotopic (exact) mass is 276 g/mol. The highest BCUT2D eigenvalue weighted by Crippen LogP contribution is 2.30. The average molecular weight is 276 g/mol. The Morgan fingerprint density at radius 2 is 2.05 bits per heavy atom. The Kier molecular flexibility index (Phi) is 5.44. The van der Waals surface area contributed by atoms with Gasteiger partial charge in [-0.25, -0.2) is 0 Å². The van der Waals surface area contributed by atoms with Crippen LogP contribution in [0.4, 0.5) is 0 Å². The second kappa shape index (κ2) is 7.09. The lowest BCUT2D eigenvalue weighted by atomic mass is 10.1. The van der Waals surface area contributed by atoms with Gasteiger partial charge in [-0.05, 0) is 43.5 Å². The van der Waals surface area contributed by atoms with E-state index in [1.54, 1.807) is 7.11 Å². The average Bonchev–Trinajstić information content (AvgIpc) is 3.27. The molecular weight excluding hydrogens is 248 g/mol. The molecular formula is C17H28N2O. The fourth-order valence-electron chi connectivity index (χ4n) is 2.74. The lowest BCUT2D eigenvalue weighted by Gasteiger charge is -2.29. The first-order valence-corrected chi connectivity index (χ1v) is 7.69.